The van der Waals surface area contributed by atoms with Crippen LogP contribution >= 0.6 is 0 Å². The Morgan fingerprint density at radius 1 is 1.31 bits per heavy atom. The van der Waals surface area contributed by atoms with Crippen molar-refractivity contribution in [2.45, 2.75) is 12.6 Å². The molecule has 0 radical (unpaired) electrons. The van der Waals surface area contributed by atoms with E-state index in [1.165, 1.54) is 0 Å². The molecule has 0 amide bonds. The summed E-state index contributed by atoms with van der Waals surface area (Å²) in [6.07, 6.45) is -8.56. The van der Waals surface area contributed by atoms with Gasteiger partial charge in [0.05, 0.1) is 12.7 Å². The summed E-state index contributed by atoms with van der Waals surface area (Å²) in [5.41, 5.74) is -3.36. The SMILES string of the molecule is COc1cc(C(F)(F)F)c(C(F)F)nc1F. The summed E-state index contributed by atoms with van der Waals surface area (Å²) in [4.78, 5) is 2.55. The molecule has 16 heavy (non-hydrogen) atoms. The van der Waals surface area contributed by atoms with E-state index in [9.17, 15) is 26.3 Å². The van der Waals surface area contributed by atoms with Crippen LogP contribution in [-0.2, 0) is 6.18 Å². The van der Waals surface area contributed by atoms with Gasteiger partial charge in [-0.2, -0.15) is 17.6 Å². The lowest BCUT2D eigenvalue weighted by atomic mass is 10.2. The Morgan fingerprint density at radius 3 is 2.25 bits per heavy atom. The fourth-order valence-electron chi connectivity index (χ4n) is 1.02. The van der Waals surface area contributed by atoms with Crippen molar-refractivity contribution in [3.63, 3.8) is 0 Å². The first-order valence-electron chi connectivity index (χ1n) is 3.87. The number of pyridine rings is 1. The number of halogens is 6. The molecule has 90 valence electrons. The van der Waals surface area contributed by atoms with Crippen molar-refractivity contribution < 1.29 is 31.1 Å². The summed E-state index contributed by atoms with van der Waals surface area (Å²) in [7, 11) is 0.905. The molecule has 0 fully saturated rings. The first-order valence-corrected chi connectivity index (χ1v) is 3.87. The second-order valence-electron chi connectivity index (χ2n) is 2.71. The number of ether oxygens (including phenoxy) is 1. The van der Waals surface area contributed by atoms with E-state index in [1.54, 1.807) is 0 Å². The number of hydrogen-bond donors (Lipinski definition) is 0. The Balaban J connectivity index is 3.43. The van der Waals surface area contributed by atoms with Crippen LogP contribution in [0.3, 0.4) is 0 Å². The van der Waals surface area contributed by atoms with Gasteiger partial charge in [0, 0.05) is 0 Å². The molecule has 1 heterocycles. The number of methoxy groups -OCH3 is 1. The number of alkyl halides is 5. The van der Waals surface area contributed by atoms with Crippen molar-refractivity contribution in [2.75, 3.05) is 7.11 Å². The second-order valence-corrected chi connectivity index (χ2v) is 2.71. The molecular formula is C8H5F6NO. The first kappa shape index (κ1) is 12.6. The van der Waals surface area contributed by atoms with Crippen LogP contribution in [0.1, 0.15) is 17.7 Å². The minimum Gasteiger partial charge on any atom is -0.492 e. The van der Waals surface area contributed by atoms with E-state index in [0.717, 1.165) is 7.11 Å². The topological polar surface area (TPSA) is 22.1 Å². The van der Waals surface area contributed by atoms with E-state index < -0.39 is 35.6 Å². The van der Waals surface area contributed by atoms with Crippen molar-refractivity contribution >= 4 is 0 Å². The summed E-state index contributed by atoms with van der Waals surface area (Å²) >= 11 is 0. The highest BCUT2D eigenvalue weighted by atomic mass is 19.4. The third-order valence-electron chi connectivity index (χ3n) is 1.71. The minimum atomic E-state index is -5.04. The van der Waals surface area contributed by atoms with Gasteiger partial charge in [0.25, 0.3) is 12.4 Å². The van der Waals surface area contributed by atoms with Crippen LogP contribution in [0.4, 0.5) is 26.3 Å². The Bertz CT molecular complexity index is 389. The predicted octanol–water partition coefficient (Wildman–Crippen LogP) is 3.19. The quantitative estimate of drug-likeness (QED) is 0.589. The van der Waals surface area contributed by atoms with Crippen LogP contribution in [0.2, 0.25) is 0 Å². The first-order chi connectivity index (χ1) is 7.27. The maximum Gasteiger partial charge on any atom is 0.418 e. The van der Waals surface area contributed by atoms with E-state index in [0.29, 0.717) is 0 Å². The standard InChI is InChI=1S/C8H5F6NO/c1-16-4-2-3(8(12,13)14)5(6(9)10)15-7(4)11/h2,6H,1H3. The highest BCUT2D eigenvalue weighted by Gasteiger charge is 2.38. The van der Waals surface area contributed by atoms with Crippen LogP contribution < -0.4 is 4.74 Å². The molecule has 1 aromatic rings. The molecule has 2 nitrogen and oxygen atoms in total. The average molecular weight is 245 g/mol. The summed E-state index contributed by atoms with van der Waals surface area (Å²) < 4.78 is 78.4. The van der Waals surface area contributed by atoms with Gasteiger partial charge < -0.3 is 4.74 Å². The van der Waals surface area contributed by atoms with Gasteiger partial charge in [0.1, 0.15) is 5.69 Å². The third-order valence-corrected chi connectivity index (χ3v) is 1.71. The predicted molar refractivity (Wildman–Crippen MR) is 40.7 cm³/mol. The molecule has 0 aliphatic heterocycles. The van der Waals surface area contributed by atoms with E-state index in [4.69, 9.17) is 0 Å². The molecule has 8 heteroatoms. The molecule has 0 saturated carbocycles. The number of nitrogens with zero attached hydrogens (tertiary/aromatic N) is 1. The Morgan fingerprint density at radius 2 is 1.88 bits per heavy atom. The van der Waals surface area contributed by atoms with E-state index >= 15 is 0 Å². The highest BCUT2D eigenvalue weighted by molar-refractivity contribution is 5.33. The largest absolute Gasteiger partial charge is 0.492 e. The summed E-state index contributed by atoms with van der Waals surface area (Å²) in [6, 6.07) is 0.157. The van der Waals surface area contributed by atoms with Gasteiger partial charge >= 0.3 is 6.18 Å². The van der Waals surface area contributed by atoms with Gasteiger partial charge in [-0.3, -0.25) is 0 Å². The molecule has 0 atom stereocenters. The molecule has 0 aliphatic rings. The van der Waals surface area contributed by atoms with Gasteiger partial charge in [-0.25, -0.2) is 13.8 Å². The smallest absolute Gasteiger partial charge is 0.418 e. The number of rotatable bonds is 2. The molecule has 0 bridgehead atoms. The number of hydrogen-bond acceptors (Lipinski definition) is 2. The lowest BCUT2D eigenvalue weighted by molar-refractivity contribution is -0.140. The summed E-state index contributed by atoms with van der Waals surface area (Å²) in [5, 5.41) is 0. The lowest BCUT2D eigenvalue weighted by Gasteiger charge is -2.13. The van der Waals surface area contributed by atoms with Crippen LogP contribution in [0.5, 0.6) is 5.75 Å². The van der Waals surface area contributed by atoms with Crippen molar-refractivity contribution in [2.24, 2.45) is 0 Å². The molecule has 1 rings (SSSR count). The van der Waals surface area contributed by atoms with Gasteiger partial charge in [0.15, 0.2) is 5.75 Å². The maximum atomic E-state index is 12.8. The Labute approximate surface area is 85.9 Å². The van der Waals surface area contributed by atoms with Crippen LogP contribution in [0.25, 0.3) is 0 Å². The summed E-state index contributed by atoms with van der Waals surface area (Å²) in [6.45, 7) is 0. The van der Waals surface area contributed by atoms with Gasteiger partial charge in [0.2, 0.25) is 0 Å². The molecule has 0 unspecified atom stereocenters. The van der Waals surface area contributed by atoms with Crippen LogP contribution in [0.15, 0.2) is 6.07 Å². The van der Waals surface area contributed by atoms with Crippen molar-refractivity contribution in [3.05, 3.63) is 23.3 Å². The maximum absolute atomic E-state index is 12.8. The molecule has 0 aliphatic carbocycles. The zero-order valence-corrected chi connectivity index (χ0v) is 7.78. The number of aromatic nitrogens is 1. The lowest BCUT2D eigenvalue weighted by Crippen LogP contribution is -2.13. The normalized spacial score (nSPS) is 12.0. The highest BCUT2D eigenvalue weighted by Crippen LogP contribution is 2.37. The fraction of sp³-hybridized carbons (Fsp3) is 0.375. The molecule has 0 saturated heterocycles. The van der Waals surface area contributed by atoms with Gasteiger partial charge in [-0.15, -0.1) is 0 Å². The van der Waals surface area contributed by atoms with Crippen molar-refractivity contribution in [1.82, 2.24) is 4.98 Å². The second kappa shape index (κ2) is 4.18. The minimum absolute atomic E-state index is 0.157. The van der Waals surface area contributed by atoms with E-state index in [-0.39, 0.29) is 6.07 Å². The van der Waals surface area contributed by atoms with E-state index in [1.807, 2.05) is 0 Å². The average Bonchev–Trinajstić information content (AvgIpc) is 2.15. The Kier molecular flexibility index (Phi) is 3.30. The van der Waals surface area contributed by atoms with Crippen LogP contribution in [0, 0.1) is 5.95 Å². The molecule has 0 aromatic carbocycles. The van der Waals surface area contributed by atoms with Gasteiger partial charge in [-0.1, -0.05) is 0 Å². The summed E-state index contributed by atoms with van der Waals surface area (Å²) in [5.74, 6) is -2.34. The third kappa shape index (κ3) is 2.37. The van der Waals surface area contributed by atoms with E-state index in [2.05, 4.69) is 9.72 Å². The van der Waals surface area contributed by atoms with Crippen molar-refractivity contribution in [3.8, 4) is 5.75 Å². The van der Waals surface area contributed by atoms with Crippen LogP contribution in [-0.4, -0.2) is 12.1 Å². The molecular weight excluding hydrogens is 240 g/mol. The fourth-order valence-corrected chi connectivity index (χ4v) is 1.02. The van der Waals surface area contributed by atoms with Crippen molar-refractivity contribution in [1.29, 1.82) is 0 Å². The molecule has 0 spiro atoms. The van der Waals surface area contributed by atoms with Gasteiger partial charge in [-0.05, 0) is 6.07 Å². The molecule has 1 aromatic heterocycles. The monoisotopic (exact) mass is 245 g/mol. The zero-order valence-electron chi connectivity index (χ0n) is 7.78. The Hall–Kier alpha value is -1.47. The zero-order chi connectivity index (χ0) is 12.5. The molecule has 0 N–H and O–H groups in total.